The van der Waals surface area contributed by atoms with E-state index in [9.17, 15) is 4.79 Å². The van der Waals surface area contributed by atoms with Gasteiger partial charge in [-0.25, -0.2) is 0 Å². The number of likely N-dealkylation sites (tertiary alicyclic amines) is 1. The summed E-state index contributed by atoms with van der Waals surface area (Å²) in [6.07, 6.45) is 0.990. The van der Waals surface area contributed by atoms with Crippen molar-refractivity contribution in [2.24, 2.45) is 11.7 Å². The number of carbonyl (C=O) groups is 1. The first kappa shape index (κ1) is 14.0. The van der Waals surface area contributed by atoms with E-state index in [-0.39, 0.29) is 11.9 Å². The van der Waals surface area contributed by atoms with Crippen LogP contribution in [0.15, 0.2) is 27.1 Å². The molecule has 1 aliphatic heterocycles. The molecule has 18 heavy (non-hydrogen) atoms. The molecule has 1 aromatic rings. The molecule has 1 amide bonds. The van der Waals surface area contributed by atoms with E-state index in [1.54, 1.807) is 0 Å². The van der Waals surface area contributed by atoms with Crippen LogP contribution >= 0.6 is 31.9 Å². The molecule has 0 bridgehead atoms. The summed E-state index contributed by atoms with van der Waals surface area (Å²) in [6, 6.07) is 5.72. The normalized spacial score (nSPS) is 24.1. The Labute approximate surface area is 124 Å². The average molecular weight is 376 g/mol. The van der Waals surface area contributed by atoms with Crippen molar-refractivity contribution in [2.45, 2.75) is 19.4 Å². The fourth-order valence-corrected chi connectivity index (χ4v) is 3.17. The molecule has 1 fully saturated rings. The van der Waals surface area contributed by atoms with Gasteiger partial charge in [-0.1, -0.05) is 22.9 Å². The van der Waals surface area contributed by atoms with Gasteiger partial charge in [0.25, 0.3) is 5.91 Å². The Morgan fingerprint density at radius 1 is 1.39 bits per heavy atom. The Bertz CT molecular complexity index is 454. The van der Waals surface area contributed by atoms with Crippen molar-refractivity contribution < 1.29 is 4.79 Å². The Morgan fingerprint density at radius 2 is 2.11 bits per heavy atom. The summed E-state index contributed by atoms with van der Waals surface area (Å²) < 4.78 is 1.73. The zero-order valence-electron chi connectivity index (χ0n) is 10.2. The molecule has 2 unspecified atom stereocenters. The van der Waals surface area contributed by atoms with Crippen LogP contribution in [0.3, 0.4) is 0 Å². The van der Waals surface area contributed by atoms with Crippen LogP contribution < -0.4 is 5.73 Å². The van der Waals surface area contributed by atoms with Crippen molar-refractivity contribution in [3.05, 3.63) is 32.7 Å². The first-order valence-corrected chi connectivity index (χ1v) is 7.56. The van der Waals surface area contributed by atoms with Gasteiger partial charge in [0.15, 0.2) is 0 Å². The maximum absolute atomic E-state index is 12.5. The van der Waals surface area contributed by atoms with Gasteiger partial charge in [-0.05, 0) is 46.5 Å². The van der Waals surface area contributed by atoms with Crippen LogP contribution in [0.5, 0.6) is 0 Å². The molecule has 98 valence electrons. The summed E-state index contributed by atoms with van der Waals surface area (Å²) in [5, 5.41) is 0. The first-order chi connectivity index (χ1) is 8.47. The molecule has 2 rings (SSSR count). The molecule has 1 aliphatic rings. The van der Waals surface area contributed by atoms with E-state index in [2.05, 4.69) is 38.8 Å². The summed E-state index contributed by atoms with van der Waals surface area (Å²) in [5.41, 5.74) is 6.67. The highest BCUT2D eigenvalue weighted by atomic mass is 79.9. The molecule has 1 aromatic carbocycles. The number of nitrogens with two attached hydrogens (primary N) is 1. The number of piperidine rings is 1. The van der Waals surface area contributed by atoms with E-state index >= 15 is 0 Å². The second-order valence-electron chi connectivity index (χ2n) is 4.94. The number of hydrogen-bond donors (Lipinski definition) is 1. The smallest absolute Gasteiger partial charge is 0.255 e. The highest BCUT2D eigenvalue weighted by Gasteiger charge is 2.27. The van der Waals surface area contributed by atoms with E-state index in [1.807, 2.05) is 23.1 Å². The first-order valence-electron chi connectivity index (χ1n) is 5.97. The van der Waals surface area contributed by atoms with Crippen molar-refractivity contribution in [3.63, 3.8) is 0 Å². The molecular weight excluding hydrogens is 360 g/mol. The molecule has 1 saturated heterocycles. The van der Waals surface area contributed by atoms with Crippen LogP contribution in [0.25, 0.3) is 0 Å². The van der Waals surface area contributed by atoms with Crippen molar-refractivity contribution in [3.8, 4) is 0 Å². The van der Waals surface area contributed by atoms with Gasteiger partial charge in [-0.2, -0.15) is 0 Å². The largest absolute Gasteiger partial charge is 0.337 e. The third kappa shape index (κ3) is 3.13. The quantitative estimate of drug-likeness (QED) is 0.819. The molecule has 5 heteroatoms. The van der Waals surface area contributed by atoms with Crippen molar-refractivity contribution >= 4 is 37.8 Å². The molecule has 0 saturated carbocycles. The van der Waals surface area contributed by atoms with Crippen LogP contribution in [0.2, 0.25) is 0 Å². The molecule has 0 spiro atoms. The van der Waals surface area contributed by atoms with E-state index < -0.39 is 0 Å². The topological polar surface area (TPSA) is 46.3 Å². The van der Waals surface area contributed by atoms with Gasteiger partial charge >= 0.3 is 0 Å². The predicted molar refractivity (Wildman–Crippen MR) is 79.5 cm³/mol. The lowest BCUT2D eigenvalue weighted by Crippen LogP contribution is -2.48. The number of nitrogens with zero attached hydrogens (tertiary/aromatic N) is 1. The monoisotopic (exact) mass is 374 g/mol. The maximum Gasteiger partial charge on any atom is 0.255 e. The van der Waals surface area contributed by atoms with Gasteiger partial charge in [0.2, 0.25) is 0 Å². The Balaban J connectivity index is 2.22. The van der Waals surface area contributed by atoms with E-state index in [4.69, 9.17) is 5.73 Å². The summed E-state index contributed by atoms with van der Waals surface area (Å²) in [4.78, 5) is 14.3. The van der Waals surface area contributed by atoms with E-state index in [0.29, 0.717) is 18.0 Å². The van der Waals surface area contributed by atoms with Crippen LogP contribution in [0.1, 0.15) is 23.7 Å². The summed E-state index contributed by atoms with van der Waals surface area (Å²) in [7, 11) is 0. The third-order valence-electron chi connectivity index (χ3n) is 3.14. The second kappa shape index (κ2) is 5.72. The van der Waals surface area contributed by atoms with Gasteiger partial charge in [0.1, 0.15) is 0 Å². The predicted octanol–water partition coefficient (Wildman–Crippen LogP) is 3.02. The molecule has 0 aliphatic carbocycles. The maximum atomic E-state index is 12.5. The highest BCUT2D eigenvalue weighted by Crippen LogP contribution is 2.25. The van der Waals surface area contributed by atoms with Crippen molar-refractivity contribution in [1.82, 2.24) is 4.90 Å². The van der Waals surface area contributed by atoms with Crippen LogP contribution in [0.4, 0.5) is 0 Å². The molecule has 0 radical (unpaired) electrons. The van der Waals surface area contributed by atoms with Gasteiger partial charge in [0, 0.05) is 28.1 Å². The van der Waals surface area contributed by atoms with Gasteiger partial charge in [0.05, 0.1) is 5.56 Å². The Morgan fingerprint density at radius 3 is 2.78 bits per heavy atom. The van der Waals surface area contributed by atoms with Crippen LogP contribution in [0, 0.1) is 5.92 Å². The molecule has 2 atom stereocenters. The number of benzene rings is 1. The summed E-state index contributed by atoms with van der Waals surface area (Å²) in [6.45, 7) is 3.56. The number of carbonyl (C=O) groups excluding carboxylic acids is 1. The number of rotatable bonds is 1. The minimum atomic E-state index is 0.0465. The van der Waals surface area contributed by atoms with Crippen LogP contribution in [-0.4, -0.2) is 29.9 Å². The zero-order chi connectivity index (χ0) is 13.3. The van der Waals surface area contributed by atoms with Crippen molar-refractivity contribution in [2.75, 3.05) is 13.1 Å². The summed E-state index contributed by atoms with van der Waals surface area (Å²) >= 11 is 6.82. The van der Waals surface area contributed by atoms with Gasteiger partial charge in [-0.3, -0.25) is 4.79 Å². The minimum absolute atomic E-state index is 0.0465. The van der Waals surface area contributed by atoms with Crippen molar-refractivity contribution in [1.29, 1.82) is 0 Å². The lowest BCUT2D eigenvalue weighted by atomic mass is 9.96. The van der Waals surface area contributed by atoms with E-state index in [0.717, 1.165) is 21.9 Å². The lowest BCUT2D eigenvalue weighted by molar-refractivity contribution is 0.0660. The average Bonchev–Trinajstić information content (AvgIpc) is 2.30. The zero-order valence-corrected chi connectivity index (χ0v) is 13.4. The number of halogens is 2. The third-order valence-corrected chi connectivity index (χ3v) is 4.32. The fourth-order valence-electron chi connectivity index (χ4n) is 2.40. The fraction of sp³-hybridized carbons (Fsp3) is 0.462. The van der Waals surface area contributed by atoms with Gasteiger partial charge in [-0.15, -0.1) is 0 Å². The summed E-state index contributed by atoms with van der Waals surface area (Å²) in [5.74, 6) is 0.508. The second-order valence-corrected chi connectivity index (χ2v) is 6.71. The molecule has 1 heterocycles. The lowest BCUT2D eigenvalue weighted by Gasteiger charge is -2.35. The Hall–Kier alpha value is -0.390. The molecular formula is C13H16Br2N2O. The highest BCUT2D eigenvalue weighted by molar-refractivity contribution is 9.11. The molecule has 3 nitrogen and oxygen atoms in total. The molecule has 0 aromatic heterocycles. The number of amides is 1. The molecule has 2 N–H and O–H groups in total. The number of hydrogen-bond acceptors (Lipinski definition) is 2. The SMILES string of the molecule is CC1CC(N)CN(C(=O)c2cc(Br)ccc2Br)C1. The Kier molecular flexibility index (Phi) is 4.45. The minimum Gasteiger partial charge on any atom is -0.337 e. The van der Waals surface area contributed by atoms with Gasteiger partial charge < -0.3 is 10.6 Å². The standard InChI is InChI=1S/C13H16Br2N2O/c1-8-4-10(16)7-17(6-8)13(18)11-5-9(14)2-3-12(11)15/h2-3,5,8,10H,4,6-7,16H2,1H3. The van der Waals surface area contributed by atoms with E-state index in [1.165, 1.54) is 0 Å². The van der Waals surface area contributed by atoms with Crippen LogP contribution in [-0.2, 0) is 0 Å².